The summed E-state index contributed by atoms with van der Waals surface area (Å²) in [7, 11) is 1.63. The Morgan fingerprint density at radius 3 is 3.18 bits per heavy atom. The van der Waals surface area contributed by atoms with Gasteiger partial charge in [0.05, 0.1) is 19.3 Å². The zero-order valence-corrected chi connectivity index (χ0v) is 10.4. The van der Waals surface area contributed by atoms with Crippen LogP contribution in [0.1, 0.15) is 5.69 Å². The van der Waals surface area contributed by atoms with Gasteiger partial charge < -0.3 is 10.5 Å². The van der Waals surface area contributed by atoms with Crippen LogP contribution in [0.3, 0.4) is 0 Å². The molecule has 0 aliphatic heterocycles. The van der Waals surface area contributed by atoms with E-state index in [1.165, 1.54) is 0 Å². The Morgan fingerprint density at radius 2 is 2.47 bits per heavy atom. The zero-order chi connectivity index (χ0) is 12.5. The second kappa shape index (κ2) is 7.61. The molecule has 0 bridgehead atoms. The van der Waals surface area contributed by atoms with E-state index in [1.807, 2.05) is 12.1 Å². The molecule has 0 spiro atoms. The number of nitrogens with one attached hydrogen (secondary N) is 1. The molecule has 0 aliphatic carbocycles. The van der Waals surface area contributed by atoms with Gasteiger partial charge in [0.25, 0.3) is 0 Å². The van der Waals surface area contributed by atoms with Crippen LogP contribution in [0, 0.1) is 5.53 Å². The zero-order valence-electron chi connectivity index (χ0n) is 9.59. The van der Waals surface area contributed by atoms with Crippen LogP contribution < -0.4 is 10.5 Å². The molecule has 7 heteroatoms. The summed E-state index contributed by atoms with van der Waals surface area (Å²) in [6, 6.07) is 3.73. The van der Waals surface area contributed by atoms with Gasteiger partial charge in [0.2, 0.25) is 5.96 Å². The van der Waals surface area contributed by atoms with Gasteiger partial charge in [-0.15, -0.1) is 5.11 Å². The van der Waals surface area contributed by atoms with Crippen molar-refractivity contribution in [3.8, 4) is 5.75 Å². The lowest BCUT2D eigenvalue weighted by molar-refractivity contribution is 0.409. The van der Waals surface area contributed by atoms with Crippen LogP contribution in [0.25, 0.3) is 0 Å². The molecule has 0 aromatic carbocycles. The van der Waals surface area contributed by atoms with Gasteiger partial charge in [-0.25, -0.2) is 10.5 Å². The Bertz CT molecular complexity index is 396. The van der Waals surface area contributed by atoms with Crippen LogP contribution in [-0.4, -0.2) is 30.4 Å². The lowest BCUT2D eigenvalue weighted by Gasteiger charge is -2.05. The van der Waals surface area contributed by atoms with Gasteiger partial charge in [0.1, 0.15) is 5.75 Å². The van der Waals surface area contributed by atoms with E-state index in [0.29, 0.717) is 6.54 Å². The van der Waals surface area contributed by atoms with Crippen molar-refractivity contribution in [3.63, 3.8) is 0 Å². The lowest BCUT2D eigenvalue weighted by Crippen LogP contribution is -2.08. The highest BCUT2D eigenvalue weighted by Gasteiger charge is 2.02. The second-order valence-electron chi connectivity index (χ2n) is 3.06. The van der Waals surface area contributed by atoms with Gasteiger partial charge >= 0.3 is 0 Å². The molecule has 0 atom stereocenters. The Morgan fingerprint density at radius 1 is 1.65 bits per heavy atom. The van der Waals surface area contributed by atoms with Crippen LogP contribution in [0.2, 0.25) is 0 Å². The van der Waals surface area contributed by atoms with E-state index in [2.05, 4.69) is 15.1 Å². The number of aliphatic imine (C=N–C) groups is 1. The number of rotatable bonds is 6. The van der Waals surface area contributed by atoms with E-state index in [0.717, 1.165) is 22.9 Å². The van der Waals surface area contributed by atoms with Crippen molar-refractivity contribution in [3.05, 3.63) is 24.0 Å². The summed E-state index contributed by atoms with van der Waals surface area (Å²) in [5.74, 6) is 2.37. The number of pyridine rings is 1. The molecule has 0 fully saturated rings. The molecule has 1 heterocycles. The number of methoxy groups -OCH3 is 1. The first-order chi connectivity index (χ1) is 8.27. The predicted molar refractivity (Wildman–Crippen MR) is 68.6 cm³/mol. The Balaban J connectivity index is 2.33. The summed E-state index contributed by atoms with van der Waals surface area (Å²) in [6.45, 7) is 0.550. The molecular weight excluding hydrogens is 238 g/mol. The second-order valence-corrected chi connectivity index (χ2v) is 4.16. The van der Waals surface area contributed by atoms with E-state index in [1.54, 1.807) is 25.1 Å². The highest BCUT2D eigenvalue weighted by Crippen LogP contribution is 2.19. The van der Waals surface area contributed by atoms with Crippen molar-refractivity contribution in [1.29, 1.82) is 5.53 Å². The number of thioether (sulfide) groups is 1. The van der Waals surface area contributed by atoms with Crippen LogP contribution in [0.15, 0.2) is 28.4 Å². The summed E-state index contributed by atoms with van der Waals surface area (Å²) < 4.78 is 5.19. The molecule has 0 amide bonds. The minimum absolute atomic E-state index is 0.0148. The standard InChI is InChI=1S/C10H15N5OS/c1-16-9-3-2-4-13-8(9)7-17-6-5-14-10(11)15-12/h2-4,12H,5-7H2,1H3,(H2,11,14). The topological polar surface area (TPSA) is 96.7 Å². The molecule has 0 saturated heterocycles. The first-order valence-corrected chi connectivity index (χ1v) is 6.16. The Labute approximate surface area is 104 Å². The number of hydrogen-bond acceptors (Lipinski definition) is 5. The molecule has 0 radical (unpaired) electrons. The summed E-state index contributed by atoms with van der Waals surface area (Å²) >= 11 is 1.68. The number of ether oxygens (including phenoxy) is 1. The average Bonchev–Trinajstić information content (AvgIpc) is 2.38. The maximum absolute atomic E-state index is 6.61. The maximum Gasteiger partial charge on any atom is 0.234 e. The van der Waals surface area contributed by atoms with Crippen molar-refractivity contribution in [1.82, 2.24) is 4.98 Å². The Kier molecular flexibility index (Phi) is 6.02. The molecule has 1 rings (SSSR count). The molecule has 0 unspecified atom stereocenters. The average molecular weight is 253 g/mol. The van der Waals surface area contributed by atoms with Crippen molar-refractivity contribution >= 4 is 17.7 Å². The first kappa shape index (κ1) is 13.4. The molecule has 6 nitrogen and oxygen atoms in total. The van der Waals surface area contributed by atoms with E-state index >= 15 is 0 Å². The van der Waals surface area contributed by atoms with Gasteiger partial charge in [0, 0.05) is 17.7 Å². The maximum atomic E-state index is 6.61. The third-order valence-electron chi connectivity index (χ3n) is 1.93. The molecule has 0 aliphatic rings. The van der Waals surface area contributed by atoms with Gasteiger partial charge in [-0.3, -0.25) is 4.98 Å². The lowest BCUT2D eigenvalue weighted by atomic mass is 10.3. The summed E-state index contributed by atoms with van der Waals surface area (Å²) in [5.41, 5.74) is 12.8. The van der Waals surface area contributed by atoms with Crippen molar-refractivity contribution in [2.75, 3.05) is 19.4 Å². The molecule has 1 aromatic heterocycles. The van der Waals surface area contributed by atoms with Gasteiger partial charge in [0.15, 0.2) is 0 Å². The summed E-state index contributed by atoms with van der Waals surface area (Å²) in [4.78, 5) is 8.13. The molecular formula is C10H15N5OS. The first-order valence-electron chi connectivity index (χ1n) is 5.01. The minimum atomic E-state index is 0.0148. The molecule has 17 heavy (non-hydrogen) atoms. The van der Waals surface area contributed by atoms with Crippen LogP contribution in [0.5, 0.6) is 5.75 Å². The van der Waals surface area contributed by atoms with Crippen molar-refractivity contribution < 1.29 is 4.74 Å². The van der Waals surface area contributed by atoms with Crippen LogP contribution in [-0.2, 0) is 5.75 Å². The van der Waals surface area contributed by atoms with E-state index in [-0.39, 0.29) is 5.96 Å². The quantitative estimate of drug-likeness (QED) is 0.349. The fourth-order valence-electron chi connectivity index (χ4n) is 1.15. The highest BCUT2D eigenvalue weighted by atomic mass is 32.2. The van der Waals surface area contributed by atoms with Gasteiger partial charge in [-0.1, -0.05) is 0 Å². The van der Waals surface area contributed by atoms with E-state index in [4.69, 9.17) is 16.0 Å². The van der Waals surface area contributed by atoms with E-state index < -0.39 is 0 Å². The smallest absolute Gasteiger partial charge is 0.234 e. The Hall–Kier alpha value is -1.63. The fraction of sp³-hybridized carbons (Fsp3) is 0.400. The van der Waals surface area contributed by atoms with E-state index in [9.17, 15) is 0 Å². The molecule has 0 saturated carbocycles. The third-order valence-corrected chi connectivity index (χ3v) is 2.88. The van der Waals surface area contributed by atoms with Gasteiger partial charge in [-0.2, -0.15) is 11.8 Å². The normalized spacial score (nSPS) is 11.2. The number of guanidine groups is 1. The SMILES string of the molecule is COc1cccnc1CSCCN=C(N)N=N. The summed E-state index contributed by atoms with van der Waals surface area (Å²) in [6.07, 6.45) is 1.74. The molecule has 3 N–H and O–H groups in total. The van der Waals surface area contributed by atoms with Crippen LogP contribution in [0.4, 0.5) is 0 Å². The monoisotopic (exact) mass is 253 g/mol. The summed E-state index contributed by atoms with van der Waals surface area (Å²) in [5, 5.41) is 3.01. The van der Waals surface area contributed by atoms with Crippen molar-refractivity contribution in [2.45, 2.75) is 5.75 Å². The van der Waals surface area contributed by atoms with Crippen LogP contribution >= 0.6 is 11.8 Å². The highest BCUT2D eigenvalue weighted by molar-refractivity contribution is 7.98. The molecule has 1 aromatic rings. The number of nitrogens with two attached hydrogens (primary N) is 1. The number of hydrogen-bond donors (Lipinski definition) is 2. The largest absolute Gasteiger partial charge is 0.495 e. The number of nitrogens with zero attached hydrogens (tertiary/aromatic N) is 3. The predicted octanol–water partition coefficient (Wildman–Crippen LogP) is 1.67. The minimum Gasteiger partial charge on any atom is -0.495 e. The fourth-order valence-corrected chi connectivity index (χ4v) is 1.92. The van der Waals surface area contributed by atoms with Gasteiger partial charge in [-0.05, 0) is 12.1 Å². The molecule has 92 valence electrons. The van der Waals surface area contributed by atoms with Crippen molar-refractivity contribution in [2.24, 2.45) is 15.8 Å². The number of aromatic nitrogens is 1. The third kappa shape index (κ3) is 4.81.